The van der Waals surface area contributed by atoms with Crippen molar-refractivity contribution in [2.75, 3.05) is 6.61 Å². The van der Waals surface area contributed by atoms with E-state index in [0.29, 0.717) is 5.56 Å². The zero-order chi connectivity index (χ0) is 36.0. The van der Waals surface area contributed by atoms with Crippen LogP contribution in [0.15, 0.2) is 55.3 Å². The smallest absolute Gasteiger partial charge is 0.408 e. The molecule has 1 heterocycles. The highest BCUT2D eigenvalue weighted by molar-refractivity contribution is 5.94. The molecule has 1 aliphatic rings. The van der Waals surface area contributed by atoms with Crippen LogP contribution in [0.2, 0.25) is 0 Å². The summed E-state index contributed by atoms with van der Waals surface area (Å²) in [5.74, 6) is 2.56. The van der Waals surface area contributed by atoms with Gasteiger partial charge in [-0.25, -0.2) is 9.59 Å². The highest BCUT2D eigenvalue weighted by Crippen LogP contribution is 2.21. The average Bonchev–Trinajstić information content (AvgIpc) is 3.47. The summed E-state index contributed by atoms with van der Waals surface area (Å²) in [5.41, 5.74) is 2.49. The summed E-state index contributed by atoms with van der Waals surface area (Å²) in [6.07, 6.45) is 7.49. The van der Waals surface area contributed by atoms with E-state index in [9.17, 15) is 24.0 Å². The van der Waals surface area contributed by atoms with Crippen molar-refractivity contribution in [1.82, 2.24) is 20.9 Å². The minimum absolute atomic E-state index is 0.0516. The first kappa shape index (κ1) is 38.1. The predicted octanol–water partition coefficient (Wildman–Crippen LogP) is 4.10. The number of alkyl carbamates (subject to hydrolysis) is 1. The van der Waals surface area contributed by atoms with Crippen molar-refractivity contribution in [3.05, 3.63) is 77.6 Å². The molecule has 0 fully saturated rings. The van der Waals surface area contributed by atoms with Gasteiger partial charge in [0.25, 0.3) is 5.91 Å². The third-order valence-electron chi connectivity index (χ3n) is 7.19. The number of hydrogen-bond acceptors (Lipinski definition) is 8. The lowest BCUT2D eigenvalue weighted by Gasteiger charge is -2.26. The van der Waals surface area contributed by atoms with Crippen molar-refractivity contribution in [2.45, 2.75) is 90.6 Å². The molecule has 0 spiro atoms. The Balaban J connectivity index is 1.87. The Morgan fingerprint density at radius 1 is 1.02 bits per heavy atom. The van der Waals surface area contributed by atoms with Crippen molar-refractivity contribution in [1.29, 1.82) is 0 Å². The number of aromatic nitrogens is 1. The Labute approximate surface area is 287 Å². The van der Waals surface area contributed by atoms with Gasteiger partial charge in [-0.3, -0.25) is 19.7 Å². The number of benzene rings is 1. The molecule has 12 heteroatoms. The zero-order valence-electron chi connectivity index (χ0n) is 28.7. The lowest BCUT2D eigenvalue weighted by atomic mass is 10.0. The minimum Gasteiger partial charge on any atom is -0.460 e. The summed E-state index contributed by atoms with van der Waals surface area (Å²) in [7, 11) is 0. The molecule has 2 aromatic rings. The largest absolute Gasteiger partial charge is 0.460 e. The lowest BCUT2D eigenvalue weighted by molar-refractivity contribution is -0.155. The van der Waals surface area contributed by atoms with E-state index in [1.807, 2.05) is 18.2 Å². The number of hydrogen-bond donors (Lipinski definition) is 4. The minimum atomic E-state index is -1.46. The van der Waals surface area contributed by atoms with E-state index < -0.39 is 53.6 Å². The molecule has 0 bridgehead atoms. The molecule has 262 valence electrons. The number of carbonyl (C=O) groups excluding carboxylic acids is 5. The molecule has 1 aromatic heterocycles. The van der Waals surface area contributed by atoms with Crippen LogP contribution in [0.25, 0.3) is 6.08 Å². The third-order valence-corrected chi connectivity index (χ3v) is 7.19. The van der Waals surface area contributed by atoms with E-state index in [2.05, 4.69) is 39.4 Å². The van der Waals surface area contributed by atoms with Crippen LogP contribution < -0.4 is 16.0 Å². The molecular formula is C37H46N4O8. The fourth-order valence-electron chi connectivity index (χ4n) is 4.77. The summed E-state index contributed by atoms with van der Waals surface area (Å²) in [6, 6.07) is 5.17. The van der Waals surface area contributed by atoms with Crippen LogP contribution in [0.4, 0.5) is 4.79 Å². The summed E-state index contributed by atoms with van der Waals surface area (Å²) in [6.45, 7) is 12.0. The quantitative estimate of drug-likeness (QED) is 0.101. The molecule has 0 radical (unpaired) electrons. The number of H-pyrrole nitrogens is 1. The number of carbonyl (C=O) groups is 5. The van der Waals surface area contributed by atoms with Crippen LogP contribution in [0.5, 0.6) is 0 Å². The fourth-order valence-corrected chi connectivity index (χ4v) is 4.77. The molecule has 12 nitrogen and oxygen atoms in total. The lowest BCUT2D eigenvalue weighted by Crippen LogP contribution is -2.56. The Morgan fingerprint density at radius 3 is 2.43 bits per heavy atom. The number of fused-ring (bicyclic) bond motifs is 1. The second-order valence-corrected chi connectivity index (χ2v) is 12.8. The molecule has 1 unspecified atom stereocenters. The van der Waals surface area contributed by atoms with Crippen molar-refractivity contribution >= 4 is 35.9 Å². The Morgan fingerprint density at radius 2 is 1.76 bits per heavy atom. The number of rotatable bonds is 14. The van der Waals surface area contributed by atoms with Crippen molar-refractivity contribution in [2.24, 2.45) is 5.92 Å². The summed E-state index contributed by atoms with van der Waals surface area (Å²) < 4.78 is 15.9. The summed E-state index contributed by atoms with van der Waals surface area (Å²) >= 11 is 0. The first-order valence-electron chi connectivity index (χ1n) is 16.2. The normalized spacial score (nSPS) is 13.8. The van der Waals surface area contributed by atoms with E-state index in [-0.39, 0.29) is 32.0 Å². The number of nitrogens with one attached hydrogen (secondary N) is 4. The monoisotopic (exact) mass is 674 g/mol. The van der Waals surface area contributed by atoms with Gasteiger partial charge in [0, 0.05) is 29.4 Å². The number of aryl methyl sites for hydroxylation is 1. The van der Waals surface area contributed by atoms with Crippen molar-refractivity contribution < 1.29 is 38.2 Å². The SMILES string of the molecule is C=CCOC(=O)C(NC(=O)[C@H](CCC(=O)OC(C)(C)C)NC(=O)[C@H](C#Cc1c[nH]c2c1C=CCC2)NC(=O)OCc1ccccc1)C(C)C. The first-order chi connectivity index (χ1) is 23.3. The topological polar surface area (TPSA) is 165 Å². The predicted molar refractivity (Wildman–Crippen MR) is 184 cm³/mol. The number of ether oxygens (including phenoxy) is 3. The zero-order valence-corrected chi connectivity index (χ0v) is 28.7. The maximum absolute atomic E-state index is 13.8. The second-order valence-electron chi connectivity index (χ2n) is 12.8. The van der Waals surface area contributed by atoms with E-state index >= 15 is 0 Å². The molecule has 3 rings (SSSR count). The number of amides is 3. The molecule has 4 N–H and O–H groups in total. The van der Waals surface area contributed by atoms with E-state index in [1.54, 1.807) is 65.1 Å². The van der Waals surface area contributed by atoms with Crippen LogP contribution >= 0.6 is 0 Å². The average molecular weight is 675 g/mol. The van der Waals surface area contributed by atoms with Crippen molar-refractivity contribution in [3.63, 3.8) is 0 Å². The molecule has 0 saturated heterocycles. The Kier molecular flexibility index (Phi) is 14.2. The number of esters is 2. The van der Waals surface area contributed by atoms with Crippen LogP contribution in [-0.4, -0.2) is 65.2 Å². The van der Waals surface area contributed by atoms with Gasteiger partial charge < -0.3 is 29.8 Å². The first-order valence-corrected chi connectivity index (χ1v) is 16.2. The van der Waals surface area contributed by atoms with E-state index in [4.69, 9.17) is 14.2 Å². The van der Waals surface area contributed by atoms with Gasteiger partial charge in [0.2, 0.25) is 5.91 Å². The molecule has 0 saturated carbocycles. The van der Waals surface area contributed by atoms with E-state index in [1.165, 1.54) is 6.08 Å². The van der Waals surface area contributed by atoms with Gasteiger partial charge in [0.05, 0.1) is 0 Å². The van der Waals surface area contributed by atoms with Gasteiger partial charge in [-0.15, -0.1) is 0 Å². The van der Waals surface area contributed by atoms with Crippen LogP contribution in [0.1, 0.15) is 76.3 Å². The van der Waals surface area contributed by atoms with Gasteiger partial charge in [-0.1, -0.05) is 80.8 Å². The van der Waals surface area contributed by atoms with Gasteiger partial charge >= 0.3 is 18.0 Å². The van der Waals surface area contributed by atoms with Gasteiger partial charge in [-0.2, -0.15) is 0 Å². The van der Waals surface area contributed by atoms with Gasteiger partial charge in [-0.05, 0) is 51.5 Å². The number of allylic oxidation sites excluding steroid dienone is 1. The van der Waals surface area contributed by atoms with E-state index in [0.717, 1.165) is 29.7 Å². The summed E-state index contributed by atoms with van der Waals surface area (Å²) in [4.78, 5) is 68.8. The molecule has 1 aliphatic carbocycles. The molecule has 1 aromatic carbocycles. The molecule has 0 aliphatic heterocycles. The third kappa shape index (κ3) is 12.7. The maximum Gasteiger partial charge on any atom is 0.408 e. The Bertz CT molecular complexity index is 1580. The molecule has 3 amide bonds. The van der Waals surface area contributed by atoms with Crippen LogP contribution in [0, 0.1) is 17.8 Å². The fraction of sp³-hybridized carbons (Fsp3) is 0.432. The standard InChI is InChI=1S/C37H46N4O8/c1-7-21-47-35(45)32(24(2)3)41-34(44)29(19-20-31(42)49-37(4,5)6)39-33(43)30(40-36(46)48-23-25-13-9-8-10-14-25)18-17-26-22-38-28-16-12-11-15-27(26)28/h7-11,13-15,22,24,29-30,32,38H,1,12,16,19-21,23H2,2-6H3,(H,39,43)(H,40,46)(H,41,44)/t29-,30-,32?/m0/s1. The second kappa shape index (κ2) is 18.3. The Hall–Kier alpha value is -5.31. The molecule has 49 heavy (non-hydrogen) atoms. The maximum atomic E-state index is 13.8. The van der Waals surface area contributed by atoms with Gasteiger partial charge in [0.15, 0.2) is 6.04 Å². The van der Waals surface area contributed by atoms with Gasteiger partial charge in [0.1, 0.15) is 30.9 Å². The highest BCUT2D eigenvalue weighted by Gasteiger charge is 2.32. The van der Waals surface area contributed by atoms with Crippen molar-refractivity contribution in [3.8, 4) is 11.8 Å². The number of aromatic amines is 1. The highest BCUT2D eigenvalue weighted by atomic mass is 16.6. The molecular weight excluding hydrogens is 628 g/mol. The summed E-state index contributed by atoms with van der Waals surface area (Å²) in [5, 5.41) is 7.73. The van der Waals surface area contributed by atoms with Crippen LogP contribution in [0.3, 0.4) is 0 Å². The van der Waals surface area contributed by atoms with Crippen LogP contribution in [-0.2, 0) is 46.4 Å². The molecule has 3 atom stereocenters.